The molecule has 1 aromatic rings. The molecule has 0 aromatic carbocycles. The minimum Gasteiger partial charge on any atom is -0.383 e. The third-order valence-electron chi connectivity index (χ3n) is 3.74. The van der Waals surface area contributed by atoms with Gasteiger partial charge in [-0.25, -0.2) is 4.98 Å². The van der Waals surface area contributed by atoms with Crippen LogP contribution in [-0.4, -0.2) is 29.3 Å². The van der Waals surface area contributed by atoms with Crippen molar-refractivity contribution < 1.29 is 4.74 Å². The third-order valence-corrected chi connectivity index (χ3v) is 3.74. The van der Waals surface area contributed by atoms with Gasteiger partial charge in [0.1, 0.15) is 0 Å². The quantitative estimate of drug-likeness (QED) is 0.817. The van der Waals surface area contributed by atoms with Crippen LogP contribution in [0.3, 0.4) is 0 Å². The van der Waals surface area contributed by atoms with Crippen LogP contribution in [0.5, 0.6) is 0 Å². The van der Waals surface area contributed by atoms with E-state index in [1.807, 2.05) is 12.4 Å². The first kappa shape index (κ1) is 13.4. The Hall–Kier alpha value is -1.03. The van der Waals surface area contributed by atoms with Crippen molar-refractivity contribution in [1.82, 2.24) is 9.55 Å². The van der Waals surface area contributed by atoms with Crippen LogP contribution in [0.2, 0.25) is 0 Å². The number of hydrogen-bond acceptors (Lipinski definition) is 3. The van der Waals surface area contributed by atoms with Gasteiger partial charge in [0.2, 0.25) is 5.95 Å². The minimum absolute atomic E-state index is 0.325. The molecule has 4 heteroatoms. The first-order valence-corrected chi connectivity index (χ1v) is 7.09. The smallest absolute Gasteiger partial charge is 0.203 e. The Morgan fingerprint density at radius 2 is 2.11 bits per heavy atom. The van der Waals surface area contributed by atoms with Crippen LogP contribution in [0, 0.1) is 0 Å². The third kappa shape index (κ3) is 3.48. The maximum Gasteiger partial charge on any atom is 0.203 e. The number of ether oxygens (including phenoxy) is 1. The summed E-state index contributed by atoms with van der Waals surface area (Å²) in [6, 6.07) is 0.911. The van der Waals surface area contributed by atoms with E-state index >= 15 is 0 Å². The van der Waals surface area contributed by atoms with E-state index in [2.05, 4.69) is 21.8 Å². The first-order chi connectivity index (χ1) is 8.81. The van der Waals surface area contributed by atoms with Crippen molar-refractivity contribution in [3.05, 3.63) is 12.4 Å². The van der Waals surface area contributed by atoms with E-state index < -0.39 is 0 Å². The number of methoxy groups -OCH3 is 1. The molecule has 1 aliphatic rings. The summed E-state index contributed by atoms with van der Waals surface area (Å²) in [5.41, 5.74) is 0. The molecule has 102 valence electrons. The number of nitrogens with one attached hydrogen (secondary N) is 1. The Labute approximate surface area is 110 Å². The van der Waals surface area contributed by atoms with Gasteiger partial charge in [0, 0.05) is 25.5 Å². The van der Waals surface area contributed by atoms with Crippen molar-refractivity contribution in [3.63, 3.8) is 0 Å². The Kier molecular flexibility index (Phi) is 5.05. The van der Waals surface area contributed by atoms with Crippen LogP contribution >= 0.6 is 0 Å². The second-order valence-electron chi connectivity index (χ2n) is 5.30. The summed E-state index contributed by atoms with van der Waals surface area (Å²) >= 11 is 0. The van der Waals surface area contributed by atoms with Crippen LogP contribution in [0.15, 0.2) is 12.4 Å². The van der Waals surface area contributed by atoms with E-state index in [1.165, 1.54) is 38.5 Å². The van der Waals surface area contributed by atoms with Gasteiger partial charge in [-0.05, 0) is 19.8 Å². The Morgan fingerprint density at radius 1 is 1.39 bits per heavy atom. The molecule has 1 aliphatic carbocycles. The second kappa shape index (κ2) is 6.78. The number of aromatic nitrogens is 2. The summed E-state index contributed by atoms with van der Waals surface area (Å²) in [5.74, 6) is 0.992. The van der Waals surface area contributed by atoms with Crippen molar-refractivity contribution in [2.75, 3.05) is 19.0 Å². The molecule has 4 nitrogen and oxygen atoms in total. The van der Waals surface area contributed by atoms with E-state index in [1.54, 1.807) is 7.11 Å². The van der Waals surface area contributed by atoms with Crippen LogP contribution in [0.4, 0.5) is 5.95 Å². The Bertz CT molecular complexity index is 343. The zero-order chi connectivity index (χ0) is 12.8. The average Bonchev–Trinajstić information content (AvgIpc) is 2.66. The van der Waals surface area contributed by atoms with E-state index in [0.29, 0.717) is 12.1 Å². The minimum atomic E-state index is 0.325. The molecule has 1 saturated carbocycles. The molecule has 0 spiro atoms. The topological polar surface area (TPSA) is 39.1 Å². The van der Waals surface area contributed by atoms with Crippen molar-refractivity contribution in [3.8, 4) is 0 Å². The Balaban J connectivity index is 1.97. The molecule has 0 aliphatic heterocycles. The molecule has 1 N–H and O–H groups in total. The number of hydrogen-bond donors (Lipinski definition) is 1. The van der Waals surface area contributed by atoms with Gasteiger partial charge in [-0.3, -0.25) is 0 Å². The molecule has 1 fully saturated rings. The highest BCUT2D eigenvalue weighted by Gasteiger charge is 2.16. The molecule has 2 rings (SSSR count). The number of anilines is 1. The zero-order valence-corrected chi connectivity index (χ0v) is 11.6. The van der Waals surface area contributed by atoms with Gasteiger partial charge in [-0.15, -0.1) is 0 Å². The normalized spacial score (nSPS) is 19.4. The number of nitrogens with zero attached hydrogens (tertiary/aromatic N) is 2. The summed E-state index contributed by atoms with van der Waals surface area (Å²) in [7, 11) is 1.74. The highest BCUT2D eigenvalue weighted by atomic mass is 16.5. The van der Waals surface area contributed by atoms with Gasteiger partial charge in [0.05, 0.1) is 12.6 Å². The summed E-state index contributed by atoms with van der Waals surface area (Å²) < 4.78 is 7.39. The summed E-state index contributed by atoms with van der Waals surface area (Å²) in [4.78, 5) is 4.44. The predicted octanol–water partition coefficient (Wildman–Crippen LogP) is 3.23. The fourth-order valence-electron chi connectivity index (χ4n) is 2.71. The van der Waals surface area contributed by atoms with E-state index in [0.717, 1.165) is 12.6 Å². The molecule has 0 amide bonds. The van der Waals surface area contributed by atoms with E-state index in [4.69, 9.17) is 4.74 Å². The standard InChI is InChI=1S/C14H25N3O/c1-12(11-18-2)17-10-9-15-14(17)16-13-7-5-3-4-6-8-13/h9-10,12-13H,3-8,11H2,1-2H3,(H,15,16). The summed E-state index contributed by atoms with van der Waals surface area (Å²) in [6.07, 6.45) is 11.9. The molecule has 1 unspecified atom stereocenters. The lowest BCUT2D eigenvalue weighted by atomic mass is 10.1. The SMILES string of the molecule is COCC(C)n1ccnc1NC1CCCCCC1. The summed E-state index contributed by atoms with van der Waals surface area (Å²) in [6.45, 7) is 2.87. The van der Waals surface area contributed by atoms with Gasteiger partial charge in [-0.2, -0.15) is 0 Å². The average molecular weight is 251 g/mol. The van der Waals surface area contributed by atoms with Crippen LogP contribution < -0.4 is 5.32 Å². The van der Waals surface area contributed by atoms with E-state index in [9.17, 15) is 0 Å². The molecule has 1 aromatic heterocycles. The Morgan fingerprint density at radius 3 is 2.78 bits per heavy atom. The second-order valence-corrected chi connectivity index (χ2v) is 5.30. The van der Waals surface area contributed by atoms with Gasteiger partial charge >= 0.3 is 0 Å². The van der Waals surface area contributed by atoms with Crippen molar-refractivity contribution in [2.45, 2.75) is 57.5 Å². The van der Waals surface area contributed by atoms with Gasteiger partial charge < -0.3 is 14.6 Å². The molecular formula is C14H25N3O. The van der Waals surface area contributed by atoms with E-state index in [-0.39, 0.29) is 0 Å². The van der Waals surface area contributed by atoms with Gasteiger partial charge in [0.15, 0.2) is 0 Å². The summed E-state index contributed by atoms with van der Waals surface area (Å²) in [5, 5.41) is 3.61. The first-order valence-electron chi connectivity index (χ1n) is 7.09. The van der Waals surface area contributed by atoms with Crippen LogP contribution in [0.1, 0.15) is 51.5 Å². The van der Waals surface area contributed by atoms with Crippen molar-refractivity contribution >= 4 is 5.95 Å². The zero-order valence-electron chi connectivity index (χ0n) is 11.6. The maximum absolute atomic E-state index is 5.22. The number of imidazole rings is 1. The molecule has 0 bridgehead atoms. The molecule has 18 heavy (non-hydrogen) atoms. The van der Waals surface area contributed by atoms with Crippen molar-refractivity contribution in [1.29, 1.82) is 0 Å². The van der Waals surface area contributed by atoms with Crippen LogP contribution in [-0.2, 0) is 4.74 Å². The highest BCUT2D eigenvalue weighted by molar-refractivity contribution is 5.28. The fraction of sp³-hybridized carbons (Fsp3) is 0.786. The lowest BCUT2D eigenvalue weighted by Crippen LogP contribution is -2.22. The monoisotopic (exact) mass is 251 g/mol. The van der Waals surface area contributed by atoms with Crippen LogP contribution in [0.25, 0.3) is 0 Å². The molecule has 0 saturated heterocycles. The predicted molar refractivity (Wildman–Crippen MR) is 73.9 cm³/mol. The number of rotatable bonds is 5. The lowest BCUT2D eigenvalue weighted by molar-refractivity contribution is 0.163. The lowest BCUT2D eigenvalue weighted by Gasteiger charge is -2.21. The van der Waals surface area contributed by atoms with Crippen molar-refractivity contribution in [2.24, 2.45) is 0 Å². The largest absolute Gasteiger partial charge is 0.383 e. The molecule has 0 radical (unpaired) electrons. The van der Waals surface area contributed by atoms with Gasteiger partial charge in [-0.1, -0.05) is 25.7 Å². The molecule has 1 atom stereocenters. The fourth-order valence-corrected chi connectivity index (χ4v) is 2.71. The maximum atomic E-state index is 5.22. The highest BCUT2D eigenvalue weighted by Crippen LogP contribution is 2.22. The molecule has 1 heterocycles. The molecular weight excluding hydrogens is 226 g/mol. The van der Waals surface area contributed by atoms with Gasteiger partial charge in [0.25, 0.3) is 0 Å².